The van der Waals surface area contributed by atoms with Gasteiger partial charge in [0, 0.05) is 5.92 Å². The van der Waals surface area contributed by atoms with Crippen molar-refractivity contribution in [3.8, 4) is 0 Å². The van der Waals surface area contributed by atoms with Crippen molar-refractivity contribution in [2.24, 2.45) is 0 Å². The van der Waals surface area contributed by atoms with E-state index < -0.39 is 33.0 Å². The summed E-state index contributed by atoms with van der Waals surface area (Å²) in [5, 5.41) is 0. The molecule has 2 aliphatic rings. The molecule has 400 valence electrons. The molecule has 0 amide bonds. The molecule has 4 nitrogen and oxygen atoms in total. The summed E-state index contributed by atoms with van der Waals surface area (Å²) in [6, 6.07) is 27.4. The summed E-state index contributed by atoms with van der Waals surface area (Å²) in [6.45, 7) is 54.1. The maximum atomic E-state index is 12.7. The van der Waals surface area contributed by atoms with Crippen LogP contribution in [0.1, 0.15) is 239 Å². The van der Waals surface area contributed by atoms with E-state index in [2.05, 4.69) is 257 Å². The van der Waals surface area contributed by atoms with Crippen LogP contribution in [0.2, 0.25) is 0 Å². The van der Waals surface area contributed by atoms with Gasteiger partial charge >= 0.3 is 0 Å². The van der Waals surface area contributed by atoms with Gasteiger partial charge in [-0.15, -0.1) is 0 Å². The summed E-state index contributed by atoms with van der Waals surface area (Å²) in [4.78, 5) is 48.7. The molecule has 0 saturated heterocycles. The molecular weight excluding hydrogens is 943 g/mol. The lowest BCUT2D eigenvalue weighted by atomic mass is 9.66. The average Bonchev–Trinajstić information content (AvgIpc) is 3.25. The van der Waals surface area contributed by atoms with Crippen LogP contribution in [0.15, 0.2) is 114 Å². The minimum atomic E-state index is -3.14. The molecule has 4 N–H and O–H groups in total. The van der Waals surface area contributed by atoms with Gasteiger partial charge in [0.2, 0.25) is 0 Å². The van der Waals surface area contributed by atoms with Gasteiger partial charge in [-0.25, -0.2) is 0 Å². The quantitative estimate of drug-likeness (QED) is 0.145. The normalized spacial score (nSPS) is 18.5. The van der Waals surface area contributed by atoms with Gasteiger partial charge < -0.3 is 19.6 Å². The van der Waals surface area contributed by atoms with Gasteiger partial charge in [-0.2, -0.15) is 0 Å². The zero-order valence-corrected chi connectivity index (χ0v) is 51.9. The number of hydrogen-bond donors (Lipinski definition) is 4. The summed E-state index contributed by atoms with van der Waals surface area (Å²) in [6.07, 6.45) is 10.3. The molecule has 1 atom stereocenters. The van der Waals surface area contributed by atoms with E-state index in [4.69, 9.17) is 0 Å². The SMILES string of the molecule is CC(C)(C)c1ccc(C2=CC(P(O)O)(P(O)O)C(=C3C=CC=CC3c3ccc(C(C)(C)C)cc3C(C)(C)C)C(c3ccc(C(C)(C)C)cc3C(C)(C)C)=C2c2ccc(C(C)(C)C)cc2C(C)(C)C)c(C(C)(C)C)c1. The van der Waals surface area contributed by atoms with Gasteiger partial charge in [0.1, 0.15) is 0 Å². The largest absolute Gasteiger partial charge is 0.349 e. The highest BCUT2D eigenvalue weighted by atomic mass is 31.2. The van der Waals surface area contributed by atoms with E-state index in [-0.39, 0.29) is 37.9 Å². The lowest BCUT2D eigenvalue weighted by molar-refractivity contribution is 0.441. The minimum absolute atomic E-state index is 0.104. The zero-order valence-electron chi connectivity index (χ0n) is 50.1. The van der Waals surface area contributed by atoms with Crippen molar-refractivity contribution in [3.63, 3.8) is 0 Å². The van der Waals surface area contributed by atoms with E-state index in [9.17, 15) is 19.6 Å². The number of allylic oxidation sites excluding steroid dienone is 10. The molecule has 6 rings (SSSR count). The Morgan fingerprint density at radius 1 is 0.378 bits per heavy atom. The Balaban J connectivity index is 2.08. The fourth-order valence-corrected chi connectivity index (χ4v) is 12.9. The first-order chi connectivity index (χ1) is 33.4. The summed E-state index contributed by atoms with van der Waals surface area (Å²) in [7, 11) is -6.28. The first-order valence-electron chi connectivity index (χ1n) is 27.0. The monoisotopic (exact) mass is 1040 g/mol. The molecule has 0 radical (unpaired) electrons. The van der Waals surface area contributed by atoms with Crippen LogP contribution in [0.5, 0.6) is 0 Å². The summed E-state index contributed by atoms with van der Waals surface area (Å²) >= 11 is 0. The Morgan fingerprint density at radius 2 is 0.716 bits per heavy atom. The highest BCUT2D eigenvalue weighted by Gasteiger charge is 2.55. The smallest absolute Gasteiger partial charge is 0.190 e. The molecule has 0 heterocycles. The molecule has 0 aromatic heterocycles. The second-order valence-corrected chi connectivity index (χ2v) is 32.7. The molecule has 0 bridgehead atoms. The highest BCUT2D eigenvalue weighted by Crippen LogP contribution is 2.72. The Hall–Kier alpha value is -3.72. The third-order valence-electron chi connectivity index (χ3n) is 15.4. The minimum Gasteiger partial charge on any atom is -0.349 e. The van der Waals surface area contributed by atoms with Gasteiger partial charge in [-0.3, -0.25) is 0 Å². The zero-order chi connectivity index (χ0) is 56.1. The molecule has 0 aliphatic heterocycles. The van der Waals surface area contributed by atoms with Gasteiger partial charge in [-0.1, -0.05) is 263 Å². The van der Waals surface area contributed by atoms with E-state index in [0.29, 0.717) is 5.57 Å². The standard InChI is InChI=1S/C68H94O4P2/c1-60(2,3)42-29-33-47(53(37-42)64(13,14)15)46-27-25-26-28-49(46)59-58(51-36-32-45(63(10,11)12)40-56(51)67(22,23)24)57(50-35-31-44(62(7,8)9)39-55(50)66(19,20)21)52(41-68(59,73(69)70)74(71)72)48-34-30-43(61(4,5)6)38-54(48)65(16,17)18/h25-41,46,69-72H,1-24H3. The lowest BCUT2D eigenvalue weighted by Gasteiger charge is -2.45. The van der Waals surface area contributed by atoms with Crippen LogP contribution in [0.4, 0.5) is 0 Å². The molecule has 6 heteroatoms. The molecule has 0 saturated carbocycles. The van der Waals surface area contributed by atoms with Crippen LogP contribution in [0.25, 0.3) is 16.7 Å². The topological polar surface area (TPSA) is 80.9 Å². The third-order valence-corrected chi connectivity index (χ3v) is 18.4. The Morgan fingerprint density at radius 3 is 1.08 bits per heavy atom. The van der Waals surface area contributed by atoms with Crippen LogP contribution < -0.4 is 0 Å². The van der Waals surface area contributed by atoms with Crippen molar-refractivity contribution in [3.05, 3.63) is 181 Å². The molecular formula is C68H94O4P2. The van der Waals surface area contributed by atoms with E-state index in [1.165, 1.54) is 27.8 Å². The molecule has 4 aromatic carbocycles. The van der Waals surface area contributed by atoms with E-state index >= 15 is 0 Å². The van der Waals surface area contributed by atoms with Crippen LogP contribution in [0.3, 0.4) is 0 Å². The van der Waals surface area contributed by atoms with Crippen LogP contribution in [-0.2, 0) is 43.3 Å². The van der Waals surface area contributed by atoms with Gasteiger partial charge in [0.25, 0.3) is 0 Å². The lowest BCUT2D eigenvalue weighted by Crippen LogP contribution is -2.33. The summed E-state index contributed by atoms with van der Waals surface area (Å²) < 4.78 is 0. The fourth-order valence-electron chi connectivity index (χ4n) is 10.9. The summed E-state index contributed by atoms with van der Waals surface area (Å²) in [5.74, 6) is -0.401. The maximum Gasteiger partial charge on any atom is 0.190 e. The number of rotatable bonds is 6. The Bertz CT molecular complexity index is 2940. The molecule has 0 fully saturated rings. The molecule has 2 aliphatic carbocycles. The molecule has 74 heavy (non-hydrogen) atoms. The van der Waals surface area contributed by atoms with Crippen molar-refractivity contribution >= 4 is 33.5 Å². The Kier molecular flexibility index (Phi) is 16.0. The van der Waals surface area contributed by atoms with E-state index in [0.717, 1.165) is 61.2 Å². The Labute approximate surface area is 452 Å². The van der Waals surface area contributed by atoms with Crippen molar-refractivity contribution in [2.45, 2.75) is 220 Å². The average molecular weight is 1040 g/mol. The fraction of sp³-hybridized carbons (Fsp3) is 0.500. The number of benzene rings is 4. The predicted molar refractivity (Wildman–Crippen MR) is 324 cm³/mol. The molecule has 1 unspecified atom stereocenters. The van der Waals surface area contributed by atoms with Crippen LogP contribution in [0, 0.1) is 0 Å². The van der Waals surface area contributed by atoms with Crippen LogP contribution >= 0.6 is 16.8 Å². The third kappa shape index (κ3) is 11.7. The first kappa shape index (κ1) is 59.5. The van der Waals surface area contributed by atoms with Gasteiger partial charge in [0.05, 0.1) is 0 Å². The highest BCUT2D eigenvalue weighted by molar-refractivity contribution is 7.67. The van der Waals surface area contributed by atoms with Crippen molar-refractivity contribution in [1.29, 1.82) is 0 Å². The molecule has 4 aromatic rings. The van der Waals surface area contributed by atoms with Crippen LogP contribution in [-0.4, -0.2) is 24.5 Å². The van der Waals surface area contributed by atoms with Gasteiger partial charge in [0.15, 0.2) is 21.6 Å². The predicted octanol–water partition coefficient (Wildman–Crippen LogP) is 18.6. The second kappa shape index (κ2) is 19.9. The van der Waals surface area contributed by atoms with E-state index in [1.54, 1.807) is 0 Å². The first-order valence-corrected chi connectivity index (χ1v) is 29.5. The van der Waals surface area contributed by atoms with Crippen molar-refractivity contribution < 1.29 is 19.6 Å². The molecule has 0 spiro atoms. The summed E-state index contributed by atoms with van der Waals surface area (Å²) in [5.41, 5.74) is 15.1. The second-order valence-electron chi connectivity index (χ2n) is 29.7. The van der Waals surface area contributed by atoms with Crippen molar-refractivity contribution in [1.82, 2.24) is 0 Å². The van der Waals surface area contributed by atoms with E-state index in [1.807, 2.05) is 12.2 Å². The number of hydrogen-bond acceptors (Lipinski definition) is 4. The van der Waals surface area contributed by atoms with Crippen molar-refractivity contribution in [2.75, 3.05) is 0 Å². The maximum absolute atomic E-state index is 12.7. The van der Waals surface area contributed by atoms with Gasteiger partial charge in [-0.05, 0) is 144 Å².